The van der Waals surface area contributed by atoms with E-state index in [1.54, 1.807) is 20.8 Å². The predicted octanol–water partition coefficient (Wildman–Crippen LogP) is 2.29. The second-order valence-electron chi connectivity index (χ2n) is 5.70. The van der Waals surface area contributed by atoms with Gasteiger partial charge in [-0.2, -0.15) is 0 Å². The number of carbonyl (C=O) groups is 2. The van der Waals surface area contributed by atoms with E-state index in [9.17, 15) is 14.0 Å². The minimum absolute atomic E-state index is 0.0566. The Kier molecular flexibility index (Phi) is 4.76. The van der Waals surface area contributed by atoms with Gasteiger partial charge >= 0.3 is 12.1 Å². The van der Waals surface area contributed by atoms with E-state index in [0.29, 0.717) is 19.4 Å². The molecule has 0 aromatic carbocycles. The van der Waals surface area contributed by atoms with Crippen LogP contribution in [0.3, 0.4) is 0 Å². The van der Waals surface area contributed by atoms with E-state index in [2.05, 4.69) is 0 Å². The minimum atomic E-state index is -1.22. The van der Waals surface area contributed by atoms with Crippen LogP contribution in [-0.4, -0.2) is 48.4 Å². The first-order valence-electron chi connectivity index (χ1n) is 6.42. The molecule has 0 saturated carbocycles. The molecular formula is C13H22FNO4. The lowest BCUT2D eigenvalue weighted by atomic mass is 9.93. The van der Waals surface area contributed by atoms with E-state index in [4.69, 9.17) is 9.47 Å². The predicted molar refractivity (Wildman–Crippen MR) is 67.5 cm³/mol. The van der Waals surface area contributed by atoms with E-state index in [-0.39, 0.29) is 6.42 Å². The zero-order valence-electron chi connectivity index (χ0n) is 12.0. The average Bonchev–Trinajstić information content (AvgIpc) is 2.71. The summed E-state index contributed by atoms with van der Waals surface area (Å²) < 4.78 is 22.8. The third-order valence-corrected chi connectivity index (χ3v) is 3.18. The number of alkyl halides is 1. The van der Waals surface area contributed by atoms with Crippen LogP contribution in [0.2, 0.25) is 0 Å². The van der Waals surface area contributed by atoms with Crippen molar-refractivity contribution in [3.8, 4) is 0 Å². The molecule has 1 aliphatic rings. The van der Waals surface area contributed by atoms with E-state index in [0.717, 1.165) is 0 Å². The summed E-state index contributed by atoms with van der Waals surface area (Å²) in [5, 5.41) is 0. The van der Waals surface area contributed by atoms with Gasteiger partial charge in [0.25, 0.3) is 0 Å². The van der Waals surface area contributed by atoms with Gasteiger partial charge in [0, 0.05) is 13.0 Å². The molecule has 1 unspecified atom stereocenters. The molecule has 110 valence electrons. The van der Waals surface area contributed by atoms with Crippen LogP contribution < -0.4 is 0 Å². The fourth-order valence-electron chi connectivity index (χ4n) is 2.38. The number of hydrogen-bond acceptors (Lipinski definition) is 4. The van der Waals surface area contributed by atoms with E-state index in [1.165, 1.54) is 12.0 Å². The van der Waals surface area contributed by atoms with Gasteiger partial charge in [0.2, 0.25) is 0 Å². The number of carbonyl (C=O) groups excluding carboxylic acids is 2. The number of methoxy groups -OCH3 is 1. The van der Waals surface area contributed by atoms with Crippen LogP contribution in [0.4, 0.5) is 9.18 Å². The summed E-state index contributed by atoms with van der Waals surface area (Å²) >= 11 is 0. The summed E-state index contributed by atoms with van der Waals surface area (Å²) in [5.41, 5.74) is -1.87. The van der Waals surface area contributed by atoms with Gasteiger partial charge in [-0.05, 0) is 33.6 Å². The Balaban J connectivity index is 2.96. The highest BCUT2D eigenvalue weighted by molar-refractivity contribution is 5.86. The number of rotatable bonds is 3. The lowest BCUT2D eigenvalue weighted by molar-refractivity contribution is -0.154. The van der Waals surface area contributed by atoms with Crippen LogP contribution in [0.15, 0.2) is 0 Å². The molecule has 1 rings (SSSR count). The molecule has 0 aromatic heterocycles. The third kappa shape index (κ3) is 3.36. The molecule has 19 heavy (non-hydrogen) atoms. The summed E-state index contributed by atoms with van der Waals surface area (Å²) in [7, 11) is 1.24. The second-order valence-corrected chi connectivity index (χ2v) is 5.70. The first-order valence-corrected chi connectivity index (χ1v) is 6.42. The maximum absolute atomic E-state index is 12.8. The van der Waals surface area contributed by atoms with Crippen molar-refractivity contribution in [2.75, 3.05) is 20.3 Å². The van der Waals surface area contributed by atoms with Crippen LogP contribution in [0.5, 0.6) is 0 Å². The number of amides is 1. The van der Waals surface area contributed by atoms with Crippen LogP contribution in [0.25, 0.3) is 0 Å². The van der Waals surface area contributed by atoms with Crippen LogP contribution in [0.1, 0.15) is 40.0 Å². The van der Waals surface area contributed by atoms with Gasteiger partial charge < -0.3 is 9.47 Å². The fourth-order valence-corrected chi connectivity index (χ4v) is 2.38. The second kappa shape index (κ2) is 5.75. The number of nitrogens with zero attached hydrogens (tertiary/aromatic N) is 1. The molecule has 1 amide bonds. The molecule has 0 aromatic rings. The molecular weight excluding hydrogens is 253 g/mol. The Morgan fingerprint density at radius 1 is 1.37 bits per heavy atom. The first kappa shape index (κ1) is 15.7. The smallest absolute Gasteiger partial charge is 0.411 e. The largest absolute Gasteiger partial charge is 0.467 e. The molecule has 0 bridgehead atoms. The topological polar surface area (TPSA) is 55.8 Å². The van der Waals surface area contributed by atoms with Crippen molar-refractivity contribution in [2.24, 2.45) is 0 Å². The molecule has 1 heterocycles. The molecule has 1 aliphatic heterocycles. The molecule has 6 heteroatoms. The molecule has 0 aliphatic carbocycles. The maximum atomic E-state index is 12.8. The number of hydrogen-bond donors (Lipinski definition) is 0. The molecule has 5 nitrogen and oxygen atoms in total. The van der Waals surface area contributed by atoms with Gasteiger partial charge in [0.1, 0.15) is 11.1 Å². The number of likely N-dealkylation sites (tertiary alicyclic amines) is 1. The zero-order chi connectivity index (χ0) is 14.7. The fraction of sp³-hybridized carbons (Fsp3) is 0.846. The summed E-state index contributed by atoms with van der Waals surface area (Å²) in [6.07, 6.45) is 0.389. The summed E-state index contributed by atoms with van der Waals surface area (Å²) in [6.45, 7) is 4.93. The number of ether oxygens (including phenoxy) is 2. The number of halogens is 1. The van der Waals surface area contributed by atoms with Gasteiger partial charge in [0.05, 0.1) is 13.8 Å². The van der Waals surface area contributed by atoms with Crippen molar-refractivity contribution in [1.82, 2.24) is 4.90 Å². The van der Waals surface area contributed by atoms with Crippen molar-refractivity contribution < 1.29 is 23.5 Å². The lowest BCUT2D eigenvalue weighted by Gasteiger charge is -2.36. The maximum Gasteiger partial charge on any atom is 0.411 e. The van der Waals surface area contributed by atoms with Gasteiger partial charge in [-0.25, -0.2) is 9.59 Å². The highest BCUT2D eigenvalue weighted by atomic mass is 19.1. The Morgan fingerprint density at radius 2 is 2.00 bits per heavy atom. The Bertz CT molecular complexity index is 353. The monoisotopic (exact) mass is 275 g/mol. The van der Waals surface area contributed by atoms with E-state index >= 15 is 0 Å². The normalized spacial score (nSPS) is 23.3. The van der Waals surface area contributed by atoms with Crippen LogP contribution in [-0.2, 0) is 14.3 Å². The van der Waals surface area contributed by atoms with Crippen molar-refractivity contribution in [2.45, 2.75) is 51.2 Å². The van der Waals surface area contributed by atoms with Gasteiger partial charge in [-0.3, -0.25) is 9.29 Å². The summed E-state index contributed by atoms with van der Waals surface area (Å²) in [4.78, 5) is 25.4. The van der Waals surface area contributed by atoms with Crippen LogP contribution in [0, 0.1) is 0 Å². The molecule has 0 radical (unpaired) electrons. The standard InChI is InChI=1S/C13H22FNO4/c1-12(2,3)19-11(17)15-9-5-6-13(15,7-8-14)10(16)18-4/h5-9H2,1-4H3. The quantitative estimate of drug-likeness (QED) is 0.741. The van der Waals surface area contributed by atoms with Crippen molar-refractivity contribution in [3.63, 3.8) is 0 Å². The summed E-state index contributed by atoms with van der Waals surface area (Å²) in [5.74, 6) is -0.575. The molecule has 0 N–H and O–H groups in total. The zero-order valence-corrected chi connectivity index (χ0v) is 12.0. The molecule has 1 fully saturated rings. The SMILES string of the molecule is COC(=O)C1(CCF)CCCN1C(=O)OC(C)(C)C. The lowest BCUT2D eigenvalue weighted by Crippen LogP contribution is -2.55. The van der Waals surface area contributed by atoms with E-state index in [1.807, 2.05) is 0 Å². The Morgan fingerprint density at radius 3 is 2.47 bits per heavy atom. The third-order valence-electron chi connectivity index (χ3n) is 3.18. The van der Waals surface area contributed by atoms with Crippen molar-refractivity contribution in [3.05, 3.63) is 0 Å². The number of esters is 1. The highest BCUT2D eigenvalue weighted by Crippen LogP contribution is 2.35. The highest BCUT2D eigenvalue weighted by Gasteiger charge is 2.51. The summed E-state index contributed by atoms with van der Waals surface area (Å²) in [6, 6.07) is 0. The van der Waals surface area contributed by atoms with Crippen molar-refractivity contribution >= 4 is 12.1 Å². The van der Waals surface area contributed by atoms with Gasteiger partial charge in [-0.15, -0.1) is 0 Å². The minimum Gasteiger partial charge on any atom is -0.467 e. The Hall–Kier alpha value is -1.33. The average molecular weight is 275 g/mol. The van der Waals surface area contributed by atoms with Gasteiger partial charge in [0.15, 0.2) is 0 Å². The van der Waals surface area contributed by atoms with Crippen molar-refractivity contribution in [1.29, 1.82) is 0 Å². The van der Waals surface area contributed by atoms with E-state index < -0.39 is 29.9 Å². The molecule has 1 atom stereocenters. The Labute approximate surface area is 113 Å². The van der Waals surface area contributed by atoms with Crippen LogP contribution >= 0.6 is 0 Å². The van der Waals surface area contributed by atoms with Gasteiger partial charge in [-0.1, -0.05) is 0 Å². The molecule has 1 saturated heterocycles. The first-order chi connectivity index (χ1) is 8.77. The molecule has 0 spiro atoms.